The third kappa shape index (κ3) is 2.59. The van der Waals surface area contributed by atoms with Gasteiger partial charge in [-0.15, -0.1) is 0 Å². The molecule has 1 radical (unpaired) electrons. The summed E-state index contributed by atoms with van der Waals surface area (Å²) in [6.07, 6.45) is 0. The van der Waals surface area contributed by atoms with Gasteiger partial charge in [-0.05, 0) is 45.7 Å². The fraction of sp³-hybridized carbons (Fsp3) is 0.611. The Kier molecular flexibility index (Phi) is 3.91. The normalized spacial score (nSPS) is 24.8. The van der Waals surface area contributed by atoms with Gasteiger partial charge in [0.05, 0.1) is 17.1 Å². The zero-order valence-corrected chi connectivity index (χ0v) is 15.2. The number of hydroxylamine groups is 2. The average Bonchev–Trinajstić information content (AvgIpc) is 3.07. The Morgan fingerprint density at radius 1 is 1.21 bits per heavy atom. The second-order valence-electron chi connectivity index (χ2n) is 7.81. The highest BCUT2D eigenvalue weighted by Gasteiger charge is 2.50. The van der Waals surface area contributed by atoms with Crippen molar-refractivity contribution < 1.29 is 9.94 Å². The van der Waals surface area contributed by atoms with Crippen molar-refractivity contribution in [3.63, 3.8) is 0 Å². The molecule has 0 fully saturated rings. The number of rotatable bonds is 3. The van der Waals surface area contributed by atoms with Crippen LogP contribution in [0.3, 0.4) is 0 Å². The third-order valence-corrected chi connectivity index (χ3v) is 5.22. The van der Waals surface area contributed by atoms with Gasteiger partial charge in [0.25, 0.3) is 0 Å². The van der Waals surface area contributed by atoms with Gasteiger partial charge in [-0.25, -0.2) is 9.98 Å². The summed E-state index contributed by atoms with van der Waals surface area (Å²) in [4.78, 5) is 13.8. The molecule has 0 aliphatic carbocycles. The molecule has 2 aliphatic rings. The summed E-state index contributed by atoms with van der Waals surface area (Å²) in [7, 11) is 0. The minimum atomic E-state index is -0.621. The van der Waals surface area contributed by atoms with Crippen LogP contribution >= 0.6 is 0 Å². The van der Waals surface area contributed by atoms with Crippen molar-refractivity contribution >= 4 is 11.7 Å². The van der Waals surface area contributed by atoms with Gasteiger partial charge in [0, 0.05) is 0 Å². The summed E-state index contributed by atoms with van der Waals surface area (Å²) in [6, 6.07) is 5.68. The predicted molar refractivity (Wildman–Crippen MR) is 92.6 cm³/mol. The second-order valence-corrected chi connectivity index (χ2v) is 7.81. The number of ether oxygens (including phenoxy) is 1. The van der Waals surface area contributed by atoms with E-state index in [1.54, 1.807) is 6.07 Å². The van der Waals surface area contributed by atoms with Crippen molar-refractivity contribution in [1.29, 1.82) is 0 Å². The minimum Gasteiger partial charge on any atom is -0.474 e. The first-order valence-electron chi connectivity index (χ1n) is 8.39. The molecule has 0 unspecified atom stereocenters. The number of nitrogens with zero attached hydrogens (tertiary/aromatic N) is 4. The molecule has 0 saturated heterocycles. The summed E-state index contributed by atoms with van der Waals surface area (Å²) >= 11 is 0. The average molecular weight is 329 g/mol. The summed E-state index contributed by atoms with van der Waals surface area (Å²) in [6.45, 7) is 12.6. The number of aromatic nitrogens is 1. The molecule has 0 saturated carbocycles. The topological polar surface area (TPSA) is 70.0 Å². The molecule has 1 atom stereocenters. The Morgan fingerprint density at radius 3 is 2.42 bits per heavy atom. The highest BCUT2D eigenvalue weighted by atomic mass is 16.5. The largest absolute Gasteiger partial charge is 0.474 e. The molecule has 24 heavy (non-hydrogen) atoms. The van der Waals surface area contributed by atoms with Crippen LogP contribution in [0.5, 0.6) is 0 Å². The van der Waals surface area contributed by atoms with E-state index in [9.17, 15) is 5.21 Å². The number of hydrogen-bond donors (Lipinski definition) is 0. The Labute approximate surface area is 143 Å². The molecule has 1 aromatic heterocycles. The van der Waals surface area contributed by atoms with E-state index in [1.165, 1.54) is 0 Å². The van der Waals surface area contributed by atoms with Gasteiger partial charge in [0.2, 0.25) is 5.90 Å². The fourth-order valence-corrected chi connectivity index (χ4v) is 2.67. The van der Waals surface area contributed by atoms with Crippen LogP contribution in [0, 0.1) is 5.92 Å². The van der Waals surface area contributed by atoms with Crippen LogP contribution in [0.1, 0.15) is 52.9 Å². The van der Waals surface area contributed by atoms with Gasteiger partial charge in [0.15, 0.2) is 5.84 Å². The van der Waals surface area contributed by atoms with Crippen molar-refractivity contribution in [2.45, 2.75) is 58.7 Å². The van der Waals surface area contributed by atoms with Gasteiger partial charge in [-0.3, -0.25) is 4.99 Å². The smallest absolute Gasteiger partial charge is 0.235 e. The van der Waals surface area contributed by atoms with Crippen molar-refractivity contribution in [3.8, 4) is 0 Å². The van der Waals surface area contributed by atoms with E-state index in [-0.39, 0.29) is 6.04 Å². The summed E-state index contributed by atoms with van der Waals surface area (Å²) < 4.78 is 5.70. The quantitative estimate of drug-likeness (QED) is 0.856. The second kappa shape index (κ2) is 5.55. The molecule has 3 rings (SSSR count). The number of hydrogen-bond acceptors (Lipinski definition) is 5. The van der Waals surface area contributed by atoms with Crippen LogP contribution in [0.15, 0.2) is 28.2 Å². The summed E-state index contributed by atoms with van der Waals surface area (Å²) in [5.41, 5.74) is 0.102. The van der Waals surface area contributed by atoms with Crippen molar-refractivity contribution in [2.75, 3.05) is 6.61 Å². The molecule has 3 heterocycles. The molecule has 6 nitrogen and oxygen atoms in total. The van der Waals surface area contributed by atoms with E-state index in [0.717, 1.165) is 5.06 Å². The molecular weight excluding hydrogens is 304 g/mol. The van der Waals surface area contributed by atoms with Crippen LogP contribution in [-0.2, 0) is 9.94 Å². The van der Waals surface area contributed by atoms with Crippen LogP contribution in [0.25, 0.3) is 0 Å². The molecular formula is C18H25N4O2. The Morgan fingerprint density at radius 2 is 1.88 bits per heavy atom. The lowest BCUT2D eigenvalue weighted by Crippen LogP contribution is -2.50. The first kappa shape index (κ1) is 16.9. The van der Waals surface area contributed by atoms with E-state index in [4.69, 9.17) is 4.74 Å². The molecule has 6 heteroatoms. The Balaban J connectivity index is 1.94. The van der Waals surface area contributed by atoms with Crippen LogP contribution < -0.4 is 0 Å². The first-order valence-corrected chi connectivity index (χ1v) is 8.39. The first-order chi connectivity index (χ1) is 11.1. The maximum Gasteiger partial charge on any atom is 0.235 e. The number of amidine groups is 1. The molecule has 0 N–H and O–H groups in total. The van der Waals surface area contributed by atoms with Crippen molar-refractivity contribution in [2.24, 2.45) is 15.9 Å². The zero-order chi connectivity index (χ0) is 17.7. The van der Waals surface area contributed by atoms with Crippen LogP contribution in [0.2, 0.25) is 0 Å². The van der Waals surface area contributed by atoms with E-state index in [0.29, 0.717) is 35.6 Å². The highest BCUT2D eigenvalue weighted by molar-refractivity contribution is 6.00. The van der Waals surface area contributed by atoms with Crippen LogP contribution in [-0.4, -0.2) is 45.5 Å². The highest BCUT2D eigenvalue weighted by Crippen LogP contribution is 2.37. The number of pyridine rings is 1. The third-order valence-electron chi connectivity index (χ3n) is 5.22. The lowest BCUT2D eigenvalue weighted by Gasteiger charge is -2.35. The molecule has 2 aliphatic heterocycles. The van der Waals surface area contributed by atoms with E-state index in [1.807, 2.05) is 39.8 Å². The summed E-state index contributed by atoms with van der Waals surface area (Å²) in [5.74, 6) is 1.33. The molecule has 0 bridgehead atoms. The lowest BCUT2D eigenvalue weighted by atomic mass is 9.84. The maximum absolute atomic E-state index is 12.7. The van der Waals surface area contributed by atoms with Crippen molar-refractivity contribution in [1.82, 2.24) is 10.0 Å². The summed E-state index contributed by atoms with van der Waals surface area (Å²) in [5, 5.41) is 13.7. The predicted octanol–water partition coefficient (Wildman–Crippen LogP) is 2.85. The minimum absolute atomic E-state index is 0.156. The van der Waals surface area contributed by atoms with Crippen LogP contribution in [0.4, 0.5) is 0 Å². The lowest BCUT2D eigenvalue weighted by molar-refractivity contribution is -0.158. The number of aliphatic imine (C=N–C) groups is 2. The van der Waals surface area contributed by atoms with E-state index >= 15 is 0 Å². The molecule has 129 valence electrons. The molecule has 0 amide bonds. The fourth-order valence-electron chi connectivity index (χ4n) is 2.67. The Bertz CT molecular complexity index is 707. The van der Waals surface area contributed by atoms with Gasteiger partial charge >= 0.3 is 0 Å². The van der Waals surface area contributed by atoms with Gasteiger partial charge in [0.1, 0.15) is 18.0 Å². The van der Waals surface area contributed by atoms with Crippen molar-refractivity contribution in [3.05, 3.63) is 29.6 Å². The standard InChI is InChI=1S/C18H25N4O2/c1-11(2)14-10-24-16(20-14)13-9-7-8-12(19-13)15-21-17(3,4)18(5,6)22(15)23/h7-9,11,14H,10H2,1-6H3/t14-/m1/s1. The van der Waals surface area contributed by atoms with Gasteiger partial charge in [-0.1, -0.05) is 25.1 Å². The Hall–Kier alpha value is -1.95. The maximum atomic E-state index is 12.7. The van der Waals surface area contributed by atoms with E-state index in [2.05, 4.69) is 28.8 Å². The monoisotopic (exact) mass is 329 g/mol. The molecule has 0 aromatic carbocycles. The molecule has 1 aromatic rings. The SMILES string of the molecule is CC(C)[C@H]1COC(c2cccc(C3=NC(C)(C)C(C)(C)N3[O])n2)=N1. The van der Waals surface area contributed by atoms with E-state index < -0.39 is 11.1 Å². The van der Waals surface area contributed by atoms with Gasteiger partial charge in [-0.2, -0.15) is 5.06 Å². The zero-order valence-electron chi connectivity index (χ0n) is 15.2. The molecule has 0 spiro atoms. The van der Waals surface area contributed by atoms with Gasteiger partial charge < -0.3 is 4.74 Å².